The van der Waals surface area contributed by atoms with E-state index in [1.807, 2.05) is 45.2 Å². The second-order valence-corrected chi connectivity index (χ2v) is 6.66. The Balaban J connectivity index is 1.84. The van der Waals surface area contributed by atoms with E-state index in [0.717, 1.165) is 17.7 Å². The predicted octanol–water partition coefficient (Wildman–Crippen LogP) is 3.22. The molecule has 6 nitrogen and oxygen atoms in total. The lowest BCUT2D eigenvalue weighted by atomic mass is 10.1. The number of likely N-dealkylation sites (N-methyl/N-ethyl adjacent to an activating group) is 1. The molecule has 0 radical (unpaired) electrons. The van der Waals surface area contributed by atoms with Gasteiger partial charge in [-0.2, -0.15) is 0 Å². The number of nitrogens with one attached hydrogen (secondary N) is 1. The third kappa shape index (κ3) is 5.88. The lowest BCUT2D eigenvalue weighted by Gasteiger charge is -2.25. The Morgan fingerprint density at radius 1 is 1.19 bits per heavy atom. The van der Waals surface area contributed by atoms with Gasteiger partial charge >= 0.3 is 6.03 Å². The van der Waals surface area contributed by atoms with Crippen molar-refractivity contribution in [3.63, 3.8) is 0 Å². The highest BCUT2D eigenvalue weighted by molar-refractivity contribution is 5.74. The molecule has 0 bridgehead atoms. The molecule has 1 aromatic heterocycles. The number of aryl methyl sites for hydroxylation is 1. The highest BCUT2D eigenvalue weighted by Gasteiger charge is 2.16. The molecule has 2 rings (SSSR count). The van der Waals surface area contributed by atoms with Crippen LogP contribution in [0.5, 0.6) is 11.5 Å². The van der Waals surface area contributed by atoms with E-state index in [0.29, 0.717) is 24.5 Å². The zero-order chi connectivity index (χ0) is 19.8. The molecule has 0 spiro atoms. The molecule has 0 aliphatic rings. The maximum Gasteiger partial charge on any atom is 0.317 e. The molecule has 2 aromatic rings. The molecule has 1 N–H and O–H groups in total. The zero-order valence-electron chi connectivity index (χ0n) is 16.8. The first-order valence-corrected chi connectivity index (χ1v) is 9.07. The summed E-state index contributed by atoms with van der Waals surface area (Å²) in [6.07, 6.45) is 3.25. The Bertz CT molecular complexity index is 764. The van der Waals surface area contributed by atoms with Crippen molar-refractivity contribution in [2.45, 2.75) is 32.7 Å². The van der Waals surface area contributed by atoms with E-state index in [-0.39, 0.29) is 12.1 Å². The van der Waals surface area contributed by atoms with Gasteiger partial charge < -0.3 is 19.7 Å². The summed E-state index contributed by atoms with van der Waals surface area (Å²) in [7, 11) is 5.04. The number of pyridine rings is 1. The van der Waals surface area contributed by atoms with Crippen LogP contribution in [0.15, 0.2) is 36.5 Å². The molecule has 0 aliphatic heterocycles. The molecule has 2 amide bonds. The van der Waals surface area contributed by atoms with E-state index in [1.54, 1.807) is 25.3 Å². The van der Waals surface area contributed by atoms with Crippen LogP contribution in [0.25, 0.3) is 0 Å². The number of hydrogen-bond donors (Lipinski definition) is 1. The number of hydrogen-bond acceptors (Lipinski definition) is 4. The van der Waals surface area contributed by atoms with Crippen molar-refractivity contribution >= 4 is 6.03 Å². The minimum Gasteiger partial charge on any atom is -0.493 e. The van der Waals surface area contributed by atoms with Crippen molar-refractivity contribution in [3.8, 4) is 11.5 Å². The van der Waals surface area contributed by atoms with Crippen LogP contribution in [0.1, 0.15) is 23.7 Å². The van der Waals surface area contributed by atoms with Gasteiger partial charge in [-0.3, -0.25) is 4.98 Å². The summed E-state index contributed by atoms with van der Waals surface area (Å²) in [5, 5.41) is 2.97. The highest BCUT2D eigenvalue weighted by atomic mass is 16.5. The Hall–Kier alpha value is -2.76. The molecule has 1 heterocycles. The van der Waals surface area contributed by atoms with E-state index in [2.05, 4.69) is 16.4 Å². The molecule has 1 atom stereocenters. The number of carbonyl (C=O) groups is 1. The van der Waals surface area contributed by atoms with Crippen LogP contribution >= 0.6 is 0 Å². The van der Waals surface area contributed by atoms with E-state index in [1.165, 1.54) is 5.56 Å². The van der Waals surface area contributed by atoms with Gasteiger partial charge in [0.1, 0.15) is 0 Å². The van der Waals surface area contributed by atoms with E-state index in [4.69, 9.17) is 9.47 Å². The van der Waals surface area contributed by atoms with Gasteiger partial charge in [0.2, 0.25) is 0 Å². The molecule has 146 valence electrons. The summed E-state index contributed by atoms with van der Waals surface area (Å²) >= 11 is 0. The van der Waals surface area contributed by atoms with Crippen molar-refractivity contribution in [1.29, 1.82) is 0 Å². The normalized spacial score (nSPS) is 11.6. The van der Waals surface area contributed by atoms with E-state index < -0.39 is 0 Å². The van der Waals surface area contributed by atoms with Gasteiger partial charge in [-0.25, -0.2) is 4.79 Å². The predicted molar refractivity (Wildman–Crippen MR) is 107 cm³/mol. The molecule has 0 fully saturated rings. The van der Waals surface area contributed by atoms with Crippen LogP contribution in [0, 0.1) is 6.92 Å². The summed E-state index contributed by atoms with van der Waals surface area (Å²) in [6.45, 7) is 4.62. The van der Waals surface area contributed by atoms with Crippen LogP contribution in [0.2, 0.25) is 0 Å². The van der Waals surface area contributed by atoms with Gasteiger partial charge in [-0.15, -0.1) is 0 Å². The first-order chi connectivity index (χ1) is 12.9. The van der Waals surface area contributed by atoms with Crippen molar-refractivity contribution in [2.75, 3.05) is 27.8 Å². The largest absolute Gasteiger partial charge is 0.493 e. The lowest BCUT2D eigenvalue weighted by molar-refractivity contribution is 0.193. The number of aromatic nitrogens is 1. The monoisotopic (exact) mass is 371 g/mol. The minimum atomic E-state index is -0.0874. The molecular formula is C21H29N3O3. The van der Waals surface area contributed by atoms with Crippen LogP contribution < -0.4 is 14.8 Å². The third-order valence-electron chi connectivity index (χ3n) is 4.60. The maximum atomic E-state index is 12.4. The summed E-state index contributed by atoms with van der Waals surface area (Å²) in [5.41, 5.74) is 3.24. The van der Waals surface area contributed by atoms with E-state index >= 15 is 0 Å². The van der Waals surface area contributed by atoms with Gasteiger partial charge in [0.25, 0.3) is 0 Å². The molecule has 0 aliphatic carbocycles. The van der Waals surface area contributed by atoms with Crippen molar-refractivity contribution < 1.29 is 14.3 Å². The Labute approximate surface area is 161 Å². The lowest BCUT2D eigenvalue weighted by Crippen LogP contribution is -2.43. The summed E-state index contributed by atoms with van der Waals surface area (Å²) in [6, 6.07) is 9.78. The van der Waals surface area contributed by atoms with Crippen LogP contribution in [-0.4, -0.2) is 49.8 Å². The number of urea groups is 1. The van der Waals surface area contributed by atoms with Gasteiger partial charge in [-0.1, -0.05) is 6.07 Å². The second-order valence-electron chi connectivity index (χ2n) is 6.66. The SMILES string of the molecule is COc1ccc(CCNC(=O)N(C)[C@H](C)Cc2cc(C)ccn2)cc1OC. The number of benzene rings is 1. The minimum absolute atomic E-state index is 0.0559. The molecule has 0 saturated heterocycles. The first kappa shape index (κ1) is 20.6. The molecule has 0 unspecified atom stereocenters. The first-order valence-electron chi connectivity index (χ1n) is 9.07. The molecule has 27 heavy (non-hydrogen) atoms. The summed E-state index contributed by atoms with van der Waals surface area (Å²) in [5.74, 6) is 1.39. The van der Waals surface area contributed by atoms with E-state index in [9.17, 15) is 4.79 Å². The average molecular weight is 371 g/mol. The zero-order valence-corrected chi connectivity index (χ0v) is 16.8. The van der Waals surface area contributed by atoms with Gasteiger partial charge in [0.05, 0.1) is 14.2 Å². The van der Waals surface area contributed by atoms with Crippen LogP contribution in [-0.2, 0) is 12.8 Å². The highest BCUT2D eigenvalue weighted by Crippen LogP contribution is 2.27. The number of methoxy groups -OCH3 is 2. The number of nitrogens with zero attached hydrogens (tertiary/aromatic N) is 2. The fourth-order valence-corrected chi connectivity index (χ4v) is 2.82. The Morgan fingerprint density at radius 2 is 1.93 bits per heavy atom. The summed E-state index contributed by atoms with van der Waals surface area (Å²) < 4.78 is 10.6. The number of rotatable bonds is 8. The van der Waals surface area contributed by atoms with Gasteiger partial charge in [0.15, 0.2) is 11.5 Å². The average Bonchev–Trinajstić information content (AvgIpc) is 2.67. The van der Waals surface area contributed by atoms with Gasteiger partial charge in [0, 0.05) is 37.9 Å². The summed E-state index contributed by atoms with van der Waals surface area (Å²) in [4.78, 5) is 18.5. The molecule has 1 aromatic carbocycles. The maximum absolute atomic E-state index is 12.4. The molecular weight excluding hydrogens is 342 g/mol. The molecule has 6 heteroatoms. The third-order valence-corrected chi connectivity index (χ3v) is 4.60. The standard InChI is InChI=1S/C21H29N3O3/c1-15-8-10-22-18(12-15)13-16(2)24(3)21(25)23-11-9-17-6-7-19(26-4)20(14-17)27-5/h6-8,10,12,14,16H,9,11,13H2,1-5H3,(H,23,25)/t16-/m1/s1. The number of carbonyl (C=O) groups excluding carboxylic acids is 1. The fraction of sp³-hybridized carbons (Fsp3) is 0.429. The van der Waals surface area contributed by atoms with Crippen LogP contribution in [0.4, 0.5) is 4.79 Å². The second kappa shape index (κ2) is 9.80. The Morgan fingerprint density at radius 3 is 2.59 bits per heavy atom. The molecule has 0 saturated carbocycles. The number of amides is 2. The quantitative estimate of drug-likeness (QED) is 0.774. The van der Waals surface area contributed by atoms with Gasteiger partial charge in [-0.05, 0) is 55.7 Å². The number of ether oxygens (including phenoxy) is 2. The van der Waals surface area contributed by atoms with Crippen molar-refractivity contribution in [3.05, 3.63) is 53.3 Å². The van der Waals surface area contributed by atoms with Crippen LogP contribution in [0.3, 0.4) is 0 Å². The smallest absolute Gasteiger partial charge is 0.317 e. The van der Waals surface area contributed by atoms with Crippen molar-refractivity contribution in [2.24, 2.45) is 0 Å². The fourth-order valence-electron chi connectivity index (χ4n) is 2.82. The topological polar surface area (TPSA) is 63.7 Å². The Kier molecular flexibility index (Phi) is 7.46. The van der Waals surface area contributed by atoms with Crippen molar-refractivity contribution in [1.82, 2.24) is 15.2 Å².